The summed E-state index contributed by atoms with van der Waals surface area (Å²) in [7, 11) is 0. The highest BCUT2D eigenvalue weighted by molar-refractivity contribution is 8.00. The minimum atomic E-state index is -1.08. The van der Waals surface area contributed by atoms with Crippen molar-refractivity contribution in [2.75, 3.05) is 16.7 Å². The Hall–Kier alpha value is -3.79. The number of benzene rings is 2. The average molecular weight is 465 g/mol. The van der Waals surface area contributed by atoms with E-state index in [0.717, 1.165) is 16.1 Å². The quantitative estimate of drug-likeness (QED) is 0.341. The Bertz CT molecular complexity index is 1250. The molecule has 4 rings (SSSR count). The Morgan fingerprint density at radius 2 is 1.94 bits per heavy atom. The molecule has 0 saturated carbocycles. The number of hydrogen-bond acceptors (Lipinski definition) is 8. The summed E-state index contributed by atoms with van der Waals surface area (Å²) in [6, 6.07) is 14.9. The molecule has 10 heteroatoms. The molecule has 0 aliphatic rings. The fourth-order valence-corrected chi connectivity index (χ4v) is 3.39. The number of carbonyl (C=O) groups excluding carboxylic acids is 1. The van der Waals surface area contributed by atoms with E-state index in [9.17, 15) is 9.18 Å². The minimum Gasteiger partial charge on any atom is -0.332 e. The van der Waals surface area contributed by atoms with Crippen molar-refractivity contribution in [2.24, 2.45) is 5.41 Å². The smallest absolute Gasteiger partial charge is 0.278 e. The van der Waals surface area contributed by atoms with E-state index in [2.05, 4.69) is 30.1 Å². The predicted octanol–water partition coefficient (Wildman–Crippen LogP) is 5.25. The van der Waals surface area contributed by atoms with Gasteiger partial charge in [0.05, 0.1) is 11.6 Å². The zero-order chi connectivity index (χ0) is 23.3. The highest BCUT2D eigenvalue weighted by atomic mass is 32.2. The fraction of sp³-hybridized carbons (Fsp3) is 0.174. The van der Waals surface area contributed by atoms with Gasteiger partial charge in [-0.05, 0) is 56.1 Å². The topological polar surface area (TPSA) is 106 Å². The first-order valence-electron chi connectivity index (χ1n) is 10.1. The van der Waals surface area contributed by atoms with Gasteiger partial charge in [-0.1, -0.05) is 23.4 Å². The summed E-state index contributed by atoms with van der Waals surface area (Å²) in [4.78, 5) is 25.7. The normalized spacial score (nSPS) is 11.2. The second-order valence-corrected chi connectivity index (χ2v) is 8.68. The molecule has 0 saturated heterocycles. The van der Waals surface area contributed by atoms with Gasteiger partial charge < -0.3 is 14.6 Å². The zero-order valence-corrected chi connectivity index (χ0v) is 18.8. The van der Waals surface area contributed by atoms with E-state index in [4.69, 9.17) is 4.52 Å². The van der Waals surface area contributed by atoms with Crippen LogP contribution in [0.4, 0.5) is 15.8 Å². The third-order valence-corrected chi connectivity index (χ3v) is 5.48. The SMILES string of the molecule is CC(C)(CF)C(=O)Nc1cccc(NSc2cccc(-c3noc(-c4cnccn4)n3)c2)c1. The molecule has 0 aliphatic heterocycles. The van der Waals surface area contributed by atoms with Crippen molar-refractivity contribution in [3.05, 3.63) is 67.1 Å². The Morgan fingerprint density at radius 1 is 1.12 bits per heavy atom. The van der Waals surface area contributed by atoms with Crippen LogP contribution < -0.4 is 10.0 Å². The summed E-state index contributed by atoms with van der Waals surface area (Å²) >= 11 is 1.39. The van der Waals surface area contributed by atoms with Crippen molar-refractivity contribution < 1.29 is 13.7 Å². The number of anilines is 2. The van der Waals surface area contributed by atoms with Crippen LogP contribution in [0.3, 0.4) is 0 Å². The molecule has 4 aromatic rings. The van der Waals surface area contributed by atoms with Crippen LogP contribution in [0, 0.1) is 5.41 Å². The van der Waals surface area contributed by atoms with Gasteiger partial charge in [0.25, 0.3) is 5.89 Å². The predicted molar refractivity (Wildman–Crippen MR) is 125 cm³/mol. The van der Waals surface area contributed by atoms with Crippen LogP contribution in [0.25, 0.3) is 23.0 Å². The Morgan fingerprint density at radius 3 is 2.73 bits per heavy atom. The molecule has 0 bridgehead atoms. The molecule has 2 N–H and O–H groups in total. The summed E-state index contributed by atoms with van der Waals surface area (Å²) in [6.45, 7) is 2.39. The maximum absolute atomic E-state index is 13.1. The Balaban J connectivity index is 1.43. The first kappa shape index (κ1) is 22.4. The second-order valence-electron chi connectivity index (χ2n) is 7.80. The summed E-state index contributed by atoms with van der Waals surface area (Å²) in [6.07, 6.45) is 4.69. The number of alkyl halides is 1. The lowest BCUT2D eigenvalue weighted by molar-refractivity contribution is -0.124. The van der Waals surface area contributed by atoms with Gasteiger partial charge in [0.15, 0.2) is 0 Å². The molecule has 1 amide bonds. The summed E-state index contributed by atoms with van der Waals surface area (Å²) in [5.74, 6) is 0.367. The van der Waals surface area contributed by atoms with Gasteiger partial charge in [-0.3, -0.25) is 9.78 Å². The van der Waals surface area contributed by atoms with E-state index in [0.29, 0.717) is 23.1 Å². The minimum absolute atomic E-state index is 0.295. The number of hydrogen-bond donors (Lipinski definition) is 2. The second kappa shape index (κ2) is 9.78. The molecule has 2 aromatic carbocycles. The highest BCUT2D eigenvalue weighted by Gasteiger charge is 2.27. The molecule has 0 unspecified atom stereocenters. The fourth-order valence-electron chi connectivity index (χ4n) is 2.69. The molecule has 0 radical (unpaired) electrons. The number of rotatable bonds is 8. The first-order chi connectivity index (χ1) is 15.9. The maximum Gasteiger partial charge on any atom is 0.278 e. The Labute approximate surface area is 194 Å². The van der Waals surface area contributed by atoms with E-state index in [1.807, 2.05) is 36.4 Å². The lowest BCUT2D eigenvalue weighted by Crippen LogP contribution is -2.32. The monoisotopic (exact) mass is 464 g/mol. The lowest BCUT2D eigenvalue weighted by Gasteiger charge is -2.19. The van der Waals surface area contributed by atoms with Crippen molar-refractivity contribution in [3.8, 4) is 23.0 Å². The van der Waals surface area contributed by atoms with Gasteiger partial charge >= 0.3 is 0 Å². The molecule has 0 spiro atoms. The third kappa shape index (κ3) is 5.53. The van der Waals surface area contributed by atoms with Crippen LogP contribution in [0.1, 0.15) is 13.8 Å². The van der Waals surface area contributed by atoms with Gasteiger partial charge in [0.2, 0.25) is 11.7 Å². The standard InChI is InChI=1S/C23H21FN6O2S/c1-23(2,14-24)22(31)27-16-6-4-7-17(12-16)30-33-18-8-3-5-15(11-18)20-28-21(32-29-20)19-13-25-9-10-26-19/h3-13,30H,14H2,1-2H3,(H,27,31). The number of aromatic nitrogens is 4. The van der Waals surface area contributed by atoms with Crippen LogP contribution in [-0.2, 0) is 4.79 Å². The van der Waals surface area contributed by atoms with Gasteiger partial charge in [-0.2, -0.15) is 4.98 Å². The summed E-state index contributed by atoms with van der Waals surface area (Å²) < 4.78 is 21.6. The molecule has 168 valence electrons. The van der Waals surface area contributed by atoms with Crippen molar-refractivity contribution >= 4 is 29.2 Å². The largest absolute Gasteiger partial charge is 0.332 e. The molecule has 8 nitrogen and oxygen atoms in total. The van der Waals surface area contributed by atoms with Crippen molar-refractivity contribution in [2.45, 2.75) is 18.7 Å². The van der Waals surface area contributed by atoms with Gasteiger partial charge in [-0.25, -0.2) is 9.37 Å². The molecule has 0 fully saturated rings. The maximum atomic E-state index is 13.1. The molecule has 0 atom stereocenters. The van der Waals surface area contributed by atoms with Crippen LogP contribution in [0.15, 0.2) is 76.5 Å². The molecular weight excluding hydrogens is 443 g/mol. The van der Waals surface area contributed by atoms with E-state index in [-0.39, 0.29) is 5.91 Å². The van der Waals surface area contributed by atoms with Crippen molar-refractivity contribution in [3.63, 3.8) is 0 Å². The first-order valence-corrected chi connectivity index (χ1v) is 10.9. The van der Waals surface area contributed by atoms with Gasteiger partial charge in [0.1, 0.15) is 12.4 Å². The van der Waals surface area contributed by atoms with Crippen molar-refractivity contribution in [1.82, 2.24) is 20.1 Å². The van der Waals surface area contributed by atoms with E-state index in [1.54, 1.807) is 44.6 Å². The highest BCUT2D eigenvalue weighted by Crippen LogP contribution is 2.28. The molecule has 2 heterocycles. The van der Waals surface area contributed by atoms with Crippen LogP contribution in [-0.4, -0.2) is 32.7 Å². The summed E-state index contributed by atoms with van der Waals surface area (Å²) in [5.41, 5.74) is 1.58. The van der Waals surface area contributed by atoms with E-state index < -0.39 is 12.1 Å². The lowest BCUT2D eigenvalue weighted by atomic mass is 9.94. The molecular formula is C23H21FN6O2S. The average Bonchev–Trinajstić information content (AvgIpc) is 3.34. The van der Waals surface area contributed by atoms with Crippen molar-refractivity contribution in [1.29, 1.82) is 0 Å². The van der Waals surface area contributed by atoms with Gasteiger partial charge in [-0.15, -0.1) is 0 Å². The number of halogens is 1. The Kier molecular flexibility index (Phi) is 6.64. The van der Waals surface area contributed by atoms with E-state index in [1.165, 1.54) is 11.9 Å². The zero-order valence-electron chi connectivity index (χ0n) is 17.9. The molecule has 2 aromatic heterocycles. The molecule has 0 aliphatic carbocycles. The van der Waals surface area contributed by atoms with Crippen LogP contribution >= 0.6 is 11.9 Å². The van der Waals surface area contributed by atoms with E-state index >= 15 is 0 Å². The number of amides is 1. The van der Waals surface area contributed by atoms with Crippen LogP contribution in [0.5, 0.6) is 0 Å². The summed E-state index contributed by atoms with van der Waals surface area (Å²) in [5, 5.41) is 6.79. The van der Waals surface area contributed by atoms with Crippen LogP contribution in [0.2, 0.25) is 0 Å². The third-order valence-electron chi connectivity index (χ3n) is 4.66. The number of nitrogens with zero attached hydrogens (tertiary/aromatic N) is 4. The van der Waals surface area contributed by atoms with Gasteiger partial charge in [0, 0.05) is 34.2 Å². The number of carbonyl (C=O) groups is 1. The molecule has 33 heavy (non-hydrogen) atoms. The number of nitrogens with one attached hydrogen (secondary N) is 2.